The first kappa shape index (κ1) is 20.3. The second-order valence-corrected chi connectivity index (χ2v) is 9.20. The maximum absolute atomic E-state index is 12.6. The Balaban J connectivity index is 1.51. The first-order valence-electron chi connectivity index (χ1n) is 10.7. The van der Waals surface area contributed by atoms with Crippen LogP contribution in [0.1, 0.15) is 57.6 Å². The zero-order valence-electron chi connectivity index (χ0n) is 18.1. The third-order valence-corrected chi connectivity index (χ3v) is 5.93. The molecule has 4 rings (SSSR count). The Kier molecular flexibility index (Phi) is 5.22. The van der Waals surface area contributed by atoms with Crippen LogP contribution in [0.15, 0.2) is 58.8 Å². The molecule has 30 heavy (non-hydrogen) atoms. The van der Waals surface area contributed by atoms with Crippen LogP contribution < -0.4 is 0 Å². The molecule has 0 aliphatic heterocycles. The maximum Gasteiger partial charge on any atom is 0.268 e. The maximum atomic E-state index is 12.6. The van der Waals surface area contributed by atoms with Crippen LogP contribution in [-0.2, 0) is 16.8 Å². The van der Waals surface area contributed by atoms with Gasteiger partial charge in [0.1, 0.15) is 0 Å². The lowest BCUT2D eigenvalue weighted by Crippen LogP contribution is -2.10. The average molecular weight is 404 g/mol. The molecule has 5 nitrogen and oxygen atoms in total. The van der Waals surface area contributed by atoms with E-state index in [2.05, 4.69) is 62.2 Å². The van der Waals surface area contributed by atoms with Crippen molar-refractivity contribution in [2.24, 2.45) is 16.1 Å². The normalized spacial score (nSPS) is 18.9. The molecule has 1 amide bonds. The summed E-state index contributed by atoms with van der Waals surface area (Å²) in [6, 6.07) is 16.2. The second-order valence-electron chi connectivity index (χ2n) is 9.20. The van der Waals surface area contributed by atoms with Crippen LogP contribution in [-0.4, -0.2) is 15.6 Å². The zero-order valence-corrected chi connectivity index (χ0v) is 18.1. The molecule has 1 aliphatic carbocycles. The molecule has 0 bridgehead atoms. The molecule has 3 aromatic rings. The Morgan fingerprint density at radius 1 is 1.13 bits per heavy atom. The summed E-state index contributed by atoms with van der Waals surface area (Å²) in [4.78, 5) is 12.6. The Bertz CT molecular complexity index is 1100. The summed E-state index contributed by atoms with van der Waals surface area (Å²) in [7, 11) is 0. The van der Waals surface area contributed by atoms with Crippen molar-refractivity contribution in [3.63, 3.8) is 0 Å². The minimum atomic E-state index is -0.216. The standard InChI is InChI=1S/C25H29N3O2/c1-5-14-28-21-9-7-6-8-18(21)22(24(28)30)26-27-23(29)20-15-19(20)16-10-12-17(13-11-16)25(2,3)4/h6-13,19-20,30H,5,14-15H2,1-4H3/t19-,20+/m1/s1. The highest BCUT2D eigenvalue weighted by Gasteiger charge is 2.44. The molecular weight excluding hydrogens is 374 g/mol. The number of hydrogen-bond donors (Lipinski definition) is 1. The van der Waals surface area contributed by atoms with Gasteiger partial charge in [-0.2, -0.15) is 0 Å². The summed E-state index contributed by atoms with van der Waals surface area (Å²) in [5.74, 6) is -0.0628. The van der Waals surface area contributed by atoms with E-state index in [9.17, 15) is 9.90 Å². The fourth-order valence-corrected chi connectivity index (χ4v) is 4.06. The number of aromatic nitrogens is 1. The molecule has 1 aliphatic rings. The zero-order chi connectivity index (χ0) is 21.5. The Morgan fingerprint density at radius 3 is 2.50 bits per heavy atom. The molecule has 0 spiro atoms. The van der Waals surface area contributed by atoms with E-state index in [1.165, 1.54) is 11.1 Å². The Labute approximate surface area is 177 Å². The summed E-state index contributed by atoms with van der Waals surface area (Å²) in [6.07, 6.45) is 1.69. The number of amides is 1. The van der Waals surface area contributed by atoms with Gasteiger partial charge in [-0.05, 0) is 41.4 Å². The lowest BCUT2D eigenvalue weighted by Gasteiger charge is -2.19. The van der Waals surface area contributed by atoms with Crippen LogP contribution in [0.4, 0.5) is 5.69 Å². The summed E-state index contributed by atoms with van der Waals surface area (Å²) >= 11 is 0. The molecule has 1 N–H and O–H groups in total. The quantitative estimate of drug-likeness (QED) is 0.496. The van der Waals surface area contributed by atoms with Crippen molar-refractivity contribution in [3.05, 3.63) is 59.7 Å². The van der Waals surface area contributed by atoms with Crippen molar-refractivity contribution in [1.82, 2.24) is 4.57 Å². The van der Waals surface area contributed by atoms with E-state index in [0.29, 0.717) is 12.2 Å². The fraction of sp³-hybridized carbons (Fsp3) is 0.400. The summed E-state index contributed by atoms with van der Waals surface area (Å²) < 4.78 is 1.82. The highest BCUT2D eigenvalue weighted by Crippen LogP contribution is 2.49. The topological polar surface area (TPSA) is 66.9 Å². The third kappa shape index (κ3) is 3.76. The smallest absolute Gasteiger partial charge is 0.268 e. The van der Waals surface area contributed by atoms with Crippen LogP contribution in [0.2, 0.25) is 0 Å². The van der Waals surface area contributed by atoms with Crippen molar-refractivity contribution in [2.75, 3.05) is 0 Å². The first-order chi connectivity index (χ1) is 14.3. The molecule has 0 saturated heterocycles. The number of aromatic hydroxyl groups is 1. The minimum absolute atomic E-state index is 0.0692. The number of fused-ring (bicyclic) bond motifs is 1. The Hall–Kier alpha value is -2.95. The van der Waals surface area contributed by atoms with Crippen LogP contribution in [0.25, 0.3) is 10.9 Å². The first-order valence-corrected chi connectivity index (χ1v) is 10.7. The van der Waals surface area contributed by atoms with Gasteiger partial charge in [-0.3, -0.25) is 4.79 Å². The van der Waals surface area contributed by atoms with Crippen molar-refractivity contribution < 1.29 is 9.90 Å². The minimum Gasteiger partial charge on any atom is -0.493 e. The van der Waals surface area contributed by atoms with Gasteiger partial charge in [-0.15, -0.1) is 10.2 Å². The lowest BCUT2D eigenvalue weighted by molar-refractivity contribution is -0.119. The Morgan fingerprint density at radius 2 is 1.83 bits per heavy atom. The van der Waals surface area contributed by atoms with E-state index >= 15 is 0 Å². The van der Waals surface area contributed by atoms with E-state index in [-0.39, 0.29) is 29.0 Å². The predicted octanol–water partition coefficient (Wildman–Crippen LogP) is 6.47. The molecule has 5 heteroatoms. The molecule has 1 heterocycles. The average Bonchev–Trinajstić information content (AvgIpc) is 3.48. The molecule has 2 atom stereocenters. The molecule has 1 aromatic heterocycles. The van der Waals surface area contributed by atoms with Gasteiger partial charge in [0, 0.05) is 17.8 Å². The summed E-state index contributed by atoms with van der Waals surface area (Å²) in [5, 5.41) is 19.6. The molecule has 1 saturated carbocycles. The highest BCUT2D eigenvalue weighted by molar-refractivity contribution is 5.95. The SMILES string of the molecule is CCCn1c(O)c(N=NC(=O)[C@H]2C[C@@H]2c2ccc(C(C)(C)C)cc2)c2ccccc21. The van der Waals surface area contributed by atoms with Gasteiger partial charge in [0.15, 0.2) is 5.69 Å². The monoisotopic (exact) mass is 403 g/mol. The number of nitrogens with zero attached hydrogens (tertiary/aromatic N) is 3. The largest absolute Gasteiger partial charge is 0.493 e. The number of rotatable bonds is 5. The molecule has 2 aromatic carbocycles. The van der Waals surface area contributed by atoms with E-state index in [1.807, 2.05) is 28.8 Å². The van der Waals surface area contributed by atoms with E-state index < -0.39 is 0 Å². The van der Waals surface area contributed by atoms with E-state index in [1.54, 1.807) is 0 Å². The third-order valence-electron chi connectivity index (χ3n) is 5.93. The van der Waals surface area contributed by atoms with Gasteiger partial charge in [-0.25, -0.2) is 0 Å². The number of para-hydroxylation sites is 1. The van der Waals surface area contributed by atoms with Crippen molar-refractivity contribution >= 4 is 22.5 Å². The van der Waals surface area contributed by atoms with Gasteiger partial charge < -0.3 is 9.67 Å². The second kappa shape index (κ2) is 7.71. The number of carbonyl (C=O) groups is 1. The number of azo groups is 1. The molecule has 1 fully saturated rings. The lowest BCUT2D eigenvalue weighted by atomic mass is 9.86. The molecule has 156 valence electrons. The molecule has 0 radical (unpaired) electrons. The van der Waals surface area contributed by atoms with Gasteiger partial charge in [-0.1, -0.05) is 70.2 Å². The van der Waals surface area contributed by atoms with Gasteiger partial charge in [0.25, 0.3) is 5.91 Å². The van der Waals surface area contributed by atoms with Crippen LogP contribution >= 0.6 is 0 Å². The van der Waals surface area contributed by atoms with Crippen molar-refractivity contribution in [2.45, 2.75) is 58.4 Å². The van der Waals surface area contributed by atoms with E-state index in [4.69, 9.17) is 0 Å². The number of benzene rings is 2. The number of hydrogen-bond acceptors (Lipinski definition) is 3. The highest BCUT2D eigenvalue weighted by atomic mass is 16.3. The van der Waals surface area contributed by atoms with Crippen LogP contribution in [0.5, 0.6) is 5.88 Å². The summed E-state index contributed by atoms with van der Waals surface area (Å²) in [5.41, 5.74) is 3.86. The summed E-state index contributed by atoms with van der Waals surface area (Å²) in [6.45, 7) is 9.32. The fourth-order valence-electron chi connectivity index (χ4n) is 4.06. The van der Waals surface area contributed by atoms with Gasteiger partial charge >= 0.3 is 0 Å². The molecule has 0 unspecified atom stereocenters. The number of aryl methyl sites for hydroxylation is 1. The molecular formula is C25H29N3O2. The number of carbonyl (C=O) groups excluding carboxylic acids is 1. The van der Waals surface area contributed by atoms with Crippen LogP contribution in [0, 0.1) is 5.92 Å². The predicted molar refractivity (Wildman–Crippen MR) is 119 cm³/mol. The van der Waals surface area contributed by atoms with Crippen LogP contribution in [0.3, 0.4) is 0 Å². The van der Waals surface area contributed by atoms with Crippen molar-refractivity contribution in [1.29, 1.82) is 0 Å². The van der Waals surface area contributed by atoms with Gasteiger partial charge in [0.2, 0.25) is 5.88 Å². The van der Waals surface area contributed by atoms with Crippen molar-refractivity contribution in [3.8, 4) is 5.88 Å². The van der Waals surface area contributed by atoms with E-state index in [0.717, 1.165) is 23.7 Å². The van der Waals surface area contributed by atoms with Gasteiger partial charge in [0.05, 0.1) is 5.52 Å².